The highest BCUT2D eigenvalue weighted by Gasteiger charge is 2.22. The van der Waals surface area contributed by atoms with Crippen LogP contribution in [0.2, 0.25) is 0 Å². The smallest absolute Gasteiger partial charge is 0.233 e. The van der Waals surface area contributed by atoms with E-state index in [0.29, 0.717) is 38.0 Å². The second-order valence-electron chi connectivity index (χ2n) is 9.73. The highest BCUT2D eigenvalue weighted by atomic mass is 32.2. The zero-order valence-electron chi connectivity index (χ0n) is 22.6. The minimum Gasteiger partial charge on any atom is -0.355 e. The van der Waals surface area contributed by atoms with E-state index >= 15 is 0 Å². The van der Waals surface area contributed by atoms with Gasteiger partial charge in [0.1, 0.15) is 0 Å². The van der Waals surface area contributed by atoms with Crippen LogP contribution in [0, 0.1) is 0 Å². The van der Waals surface area contributed by atoms with E-state index in [-0.39, 0.29) is 23.1 Å². The molecule has 2 heterocycles. The zero-order valence-corrected chi connectivity index (χ0v) is 23.4. The van der Waals surface area contributed by atoms with Crippen molar-refractivity contribution in [3.05, 3.63) is 132 Å². The summed E-state index contributed by atoms with van der Waals surface area (Å²) in [5.41, 5.74) is 4.40. The minimum absolute atomic E-state index is 0.00548. The van der Waals surface area contributed by atoms with E-state index in [4.69, 9.17) is 0 Å². The van der Waals surface area contributed by atoms with Gasteiger partial charge >= 0.3 is 0 Å². The Hall–Kier alpha value is -3.97. The van der Waals surface area contributed by atoms with Crippen LogP contribution in [0.3, 0.4) is 0 Å². The van der Waals surface area contributed by atoms with Gasteiger partial charge in [0.25, 0.3) is 0 Å². The summed E-state index contributed by atoms with van der Waals surface area (Å²) < 4.78 is 0. The molecule has 0 aliphatic rings. The number of aryl methyl sites for hydroxylation is 1. The summed E-state index contributed by atoms with van der Waals surface area (Å²) in [6, 6.07) is 27.9. The molecule has 0 saturated carbocycles. The van der Waals surface area contributed by atoms with Crippen LogP contribution in [0.5, 0.6) is 0 Å². The van der Waals surface area contributed by atoms with Crippen molar-refractivity contribution in [3.63, 3.8) is 0 Å². The SMILES string of the molecule is O=C(CCc1cccnc1)N[C@H](CS[C@@H](Cc1ccccc1)C(=O)NCCc1cccnc1)Cc1ccccc1. The van der Waals surface area contributed by atoms with Gasteiger partial charge in [0.05, 0.1) is 5.25 Å². The van der Waals surface area contributed by atoms with E-state index in [1.807, 2.05) is 66.9 Å². The second kappa shape index (κ2) is 16.2. The lowest BCUT2D eigenvalue weighted by Crippen LogP contribution is -2.41. The van der Waals surface area contributed by atoms with E-state index in [9.17, 15) is 9.59 Å². The monoisotopic (exact) mass is 552 g/mol. The first-order chi connectivity index (χ1) is 19.7. The number of amides is 2. The molecule has 7 heteroatoms. The van der Waals surface area contributed by atoms with Crippen molar-refractivity contribution in [1.29, 1.82) is 0 Å². The van der Waals surface area contributed by atoms with Gasteiger partial charge in [0.2, 0.25) is 11.8 Å². The van der Waals surface area contributed by atoms with Crippen molar-refractivity contribution in [3.8, 4) is 0 Å². The fourth-order valence-corrected chi connectivity index (χ4v) is 5.64. The molecule has 4 rings (SSSR count). The number of pyridine rings is 2. The average Bonchev–Trinajstić information content (AvgIpc) is 3.00. The Morgan fingerprint density at radius 1 is 0.700 bits per heavy atom. The van der Waals surface area contributed by atoms with Crippen LogP contribution in [0.15, 0.2) is 110 Å². The summed E-state index contributed by atoms with van der Waals surface area (Å²) in [7, 11) is 0. The van der Waals surface area contributed by atoms with E-state index in [1.54, 1.807) is 30.4 Å². The Bertz CT molecular complexity index is 1290. The normalized spacial score (nSPS) is 12.3. The van der Waals surface area contributed by atoms with Gasteiger partial charge in [0, 0.05) is 49.5 Å². The number of carbonyl (C=O) groups is 2. The molecular weight excluding hydrogens is 516 g/mol. The maximum Gasteiger partial charge on any atom is 0.233 e. The van der Waals surface area contributed by atoms with E-state index in [1.165, 1.54) is 0 Å². The third-order valence-corrected chi connectivity index (χ3v) is 7.92. The summed E-state index contributed by atoms with van der Waals surface area (Å²) in [6.07, 6.45) is 10.2. The van der Waals surface area contributed by atoms with Crippen LogP contribution >= 0.6 is 11.8 Å². The van der Waals surface area contributed by atoms with Crippen molar-refractivity contribution in [1.82, 2.24) is 20.6 Å². The topological polar surface area (TPSA) is 84.0 Å². The summed E-state index contributed by atoms with van der Waals surface area (Å²) in [6.45, 7) is 0.550. The molecule has 0 bridgehead atoms. The van der Waals surface area contributed by atoms with Gasteiger partial charge in [0.15, 0.2) is 0 Å². The zero-order chi connectivity index (χ0) is 27.8. The van der Waals surface area contributed by atoms with Crippen LogP contribution in [0.1, 0.15) is 28.7 Å². The molecule has 0 saturated heterocycles. The van der Waals surface area contributed by atoms with Gasteiger partial charge in [-0.3, -0.25) is 19.6 Å². The van der Waals surface area contributed by atoms with Crippen molar-refractivity contribution >= 4 is 23.6 Å². The van der Waals surface area contributed by atoms with Gasteiger partial charge in [-0.25, -0.2) is 0 Å². The van der Waals surface area contributed by atoms with E-state index in [2.05, 4.69) is 44.9 Å². The van der Waals surface area contributed by atoms with Crippen molar-refractivity contribution in [2.45, 2.75) is 43.4 Å². The molecule has 206 valence electrons. The third-order valence-electron chi connectivity index (χ3n) is 6.54. The van der Waals surface area contributed by atoms with Crippen molar-refractivity contribution in [2.24, 2.45) is 0 Å². The molecule has 6 nitrogen and oxygen atoms in total. The summed E-state index contributed by atoms with van der Waals surface area (Å²) in [4.78, 5) is 34.6. The Balaban J connectivity index is 1.39. The first-order valence-electron chi connectivity index (χ1n) is 13.7. The molecule has 2 atom stereocenters. The highest BCUT2D eigenvalue weighted by molar-refractivity contribution is 8.00. The van der Waals surface area contributed by atoms with Crippen LogP contribution in [-0.4, -0.2) is 45.4 Å². The second-order valence-corrected chi connectivity index (χ2v) is 11.0. The summed E-state index contributed by atoms with van der Waals surface area (Å²) in [5, 5.41) is 6.09. The number of nitrogens with zero attached hydrogens (tertiary/aromatic N) is 2. The van der Waals surface area contributed by atoms with E-state index < -0.39 is 0 Å². The maximum atomic E-state index is 13.3. The van der Waals surface area contributed by atoms with Gasteiger partial charge < -0.3 is 10.6 Å². The predicted octanol–water partition coefficient (Wildman–Crippen LogP) is 4.84. The molecule has 2 aromatic heterocycles. The van der Waals surface area contributed by atoms with Crippen molar-refractivity contribution in [2.75, 3.05) is 12.3 Å². The quantitative estimate of drug-likeness (QED) is 0.221. The van der Waals surface area contributed by atoms with Gasteiger partial charge in [-0.1, -0.05) is 72.8 Å². The van der Waals surface area contributed by atoms with Crippen molar-refractivity contribution < 1.29 is 9.59 Å². The van der Waals surface area contributed by atoms with Gasteiger partial charge in [-0.05, 0) is 60.1 Å². The van der Waals surface area contributed by atoms with Gasteiger partial charge in [-0.15, -0.1) is 11.8 Å². The number of rotatable bonds is 15. The molecule has 2 aromatic carbocycles. The van der Waals surface area contributed by atoms with Gasteiger partial charge in [-0.2, -0.15) is 0 Å². The lowest BCUT2D eigenvalue weighted by Gasteiger charge is -2.23. The fourth-order valence-electron chi connectivity index (χ4n) is 4.43. The molecule has 0 aliphatic heterocycles. The number of hydrogen-bond donors (Lipinski definition) is 2. The molecule has 2 amide bonds. The maximum absolute atomic E-state index is 13.3. The number of thioether (sulfide) groups is 1. The molecule has 4 aromatic rings. The molecule has 2 N–H and O–H groups in total. The molecule has 0 spiro atoms. The number of carbonyl (C=O) groups excluding carboxylic acids is 2. The predicted molar refractivity (Wildman–Crippen MR) is 162 cm³/mol. The number of hydrogen-bond acceptors (Lipinski definition) is 5. The number of aromatic nitrogens is 2. The minimum atomic E-state index is -0.276. The lowest BCUT2D eigenvalue weighted by molar-refractivity contribution is -0.121. The molecule has 40 heavy (non-hydrogen) atoms. The lowest BCUT2D eigenvalue weighted by atomic mass is 10.1. The first-order valence-corrected chi connectivity index (χ1v) is 14.7. The Labute approximate surface area is 241 Å². The number of benzene rings is 2. The molecule has 0 fully saturated rings. The molecule has 0 aliphatic carbocycles. The first kappa shape index (κ1) is 29.0. The molecular formula is C33H36N4O2S. The standard InChI is InChI=1S/C33H36N4O2S/c38-32(16-15-28-13-7-18-34-23-28)37-30(21-26-9-3-1-4-10-26)25-40-31(22-27-11-5-2-6-12-27)33(39)36-20-17-29-14-8-19-35-24-29/h1-14,18-19,23-24,30-31H,15-17,20-22,25H2,(H,36,39)(H,37,38)/t30-,31-/m0/s1. The summed E-state index contributed by atoms with van der Waals surface area (Å²) >= 11 is 1.61. The van der Waals surface area contributed by atoms with Crippen LogP contribution in [-0.2, 0) is 35.3 Å². The van der Waals surface area contributed by atoms with Crippen LogP contribution < -0.4 is 10.6 Å². The largest absolute Gasteiger partial charge is 0.355 e. The summed E-state index contributed by atoms with van der Waals surface area (Å²) in [5.74, 6) is 0.645. The number of nitrogens with one attached hydrogen (secondary N) is 2. The average molecular weight is 553 g/mol. The Morgan fingerprint density at radius 2 is 1.27 bits per heavy atom. The van der Waals surface area contributed by atoms with Crippen LogP contribution in [0.4, 0.5) is 0 Å². The highest BCUT2D eigenvalue weighted by Crippen LogP contribution is 2.20. The fraction of sp³-hybridized carbons (Fsp3) is 0.273. The Morgan fingerprint density at radius 3 is 1.88 bits per heavy atom. The third kappa shape index (κ3) is 10.3. The molecule has 0 unspecified atom stereocenters. The Kier molecular flexibility index (Phi) is 11.8. The van der Waals surface area contributed by atoms with Crippen LogP contribution in [0.25, 0.3) is 0 Å². The van der Waals surface area contributed by atoms with E-state index in [0.717, 1.165) is 28.7 Å². The molecule has 0 radical (unpaired) electrons.